The smallest absolute Gasteiger partial charge is 0.330 e. The molecule has 0 bridgehead atoms. The maximum Gasteiger partial charge on any atom is 0.416 e. The molecular weight excluding hydrogens is 215 g/mol. The van der Waals surface area contributed by atoms with Crippen LogP contribution in [0.5, 0.6) is 0 Å². The Morgan fingerprint density at radius 2 is 1.81 bits per heavy atom. The Hall–Kier alpha value is -1.03. The lowest BCUT2D eigenvalue weighted by molar-refractivity contribution is -0.138. The average molecular weight is 229 g/mol. The van der Waals surface area contributed by atoms with Crippen LogP contribution in [-0.2, 0) is 12.6 Å². The van der Waals surface area contributed by atoms with E-state index in [0.29, 0.717) is 18.5 Å². The summed E-state index contributed by atoms with van der Waals surface area (Å²) < 4.78 is 38.1. The second-order valence-corrected chi connectivity index (χ2v) is 4.54. The summed E-state index contributed by atoms with van der Waals surface area (Å²) >= 11 is 0. The molecule has 16 heavy (non-hydrogen) atoms. The molecule has 1 aliphatic rings. The van der Waals surface area contributed by atoms with Gasteiger partial charge in [0, 0.05) is 0 Å². The van der Waals surface area contributed by atoms with Crippen molar-refractivity contribution in [2.75, 3.05) is 6.54 Å². The first-order chi connectivity index (χ1) is 7.47. The highest BCUT2D eigenvalue weighted by Gasteiger charge is 2.43. The summed E-state index contributed by atoms with van der Waals surface area (Å²) in [6, 6.07) is 5.77. The number of hydrogen-bond donors (Lipinski definition) is 1. The van der Waals surface area contributed by atoms with Crippen LogP contribution in [-0.4, -0.2) is 6.54 Å². The Bertz CT molecular complexity index is 380. The summed E-state index contributed by atoms with van der Waals surface area (Å²) in [5, 5.41) is 0. The quantitative estimate of drug-likeness (QED) is 0.847. The lowest BCUT2D eigenvalue weighted by Gasteiger charge is -2.17. The molecule has 1 aliphatic carbocycles. The fourth-order valence-corrected chi connectivity index (χ4v) is 1.98. The van der Waals surface area contributed by atoms with Gasteiger partial charge in [0.1, 0.15) is 0 Å². The Morgan fingerprint density at radius 3 is 2.31 bits per heavy atom. The Morgan fingerprint density at radius 1 is 1.19 bits per heavy atom. The van der Waals surface area contributed by atoms with E-state index in [2.05, 4.69) is 0 Å². The first-order valence-corrected chi connectivity index (χ1v) is 5.32. The van der Waals surface area contributed by atoms with Crippen LogP contribution in [0.1, 0.15) is 24.0 Å². The molecule has 1 nitrogen and oxygen atoms in total. The summed E-state index contributed by atoms with van der Waals surface area (Å²) in [5.74, 6) is 0. The first-order valence-electron chi connectivity index (χ1n) is 5.32. The molecule has 0 unspecified atom stereocenters. The zero-order chi connectivity index (χ0) is 11.8. The molecule has 0 aromatic heterocycles. The van der Waals surface area contributed by atoms with Gasteiger partial charge in [-0.1, -0.05) is 18.2 Å². The van der Waals surface area contributed by atoms with Crippen molar-refractivity contribution in [2.24, 2.45) is 11.1 Å². The molecule has 0 aliphatic heterocycles. The van der Waals surface area contributed by atoms with Crippen LogP contribution in [0, 0.1) is 5.41 Å². The van der Waals surface area contributed by atoms with E-state index in [9.17, 15) is 13.2 Å². The van der Waals surface area contributed by atoms with Gasteiger partial charge in [-0.3, -0.25) is 0 Å². The van der Waals surface area contributed by atoms with Crippen LogP contribution >= 0.6 is 0 Å². The highest BCUT2D eigenvalue weighted by molar-refractivity contribution is 5.31. The van der Waals surface area contributed by atoms with Crippen LogP contribution in [0.3, 0.4) is 0 Å². The number of alkyl halides is 3. The Kier molecular flexibility index (Phi) is 2.70. The van der Waals surface area contributed by atoms with Gasteiger partial charge in [-0.25, -0.2) is 0 Å². The van der Waals surface area contributed by atoms with Crippen molar-refractivity contribution in [3.63, 3.8) is 0 Å². The highest BCUT2D eigenvalue weighted by atomic mass is 19.4. The maximum atomic E-state index is 12.7. The molecular formula is C12H14F3N. The van der Waals surface area contributed by atoms with Gasteiger partial charge >= 0.3 is 6.18 Å². The summed E-state index contributed by atoms with van der Waals surface area (Å²) in [5.41, 5.74) is 5.38. The molecule has 1 aromatic rings. The summed E-state index contributed by atoms with van der Waals surface area (Å²) in [6.45, 7) is 0.471. The molecule has 0 radical (unpaired) electrons. The van der Waals surface area contributed by atoms with E-state index in [-0.39, 0.29) is 5.41 Å². The second-order valence-electron chi connectivity index (χ2n) is 4.54. The van der Waals surface area contributed by atoms with Crippen molar-refractivity contribution in [3.8, 4) is 0 Å². The fourth-order valence-electron chi connectivity index (χ4n) is 1.98. The molecule has 1 saturated carbocycles. The van der Waals surface area contributed by atoms with Gasteiger partial charge in [0.25, 0.3) is 0 Å². The van der Waals surface area contributed by atoms with Gasteiger partial charge in [0.2, 0.25) is 0 Å². The monoisotopic (exact) mass is 229 g/mol. The Labute approximate surface area is 92.5 Å². The van der Waals surface area contributed by atoms with E-state index in [4.69, 9.17) is 5.73 Å². The van der Waals surface area contributed by atoms with E-state index in [1.807, 2.05) is 0 Å². The topological polar surface area (TPSA) is 26.0 Å². The van der Waals surface area contributed by atoms with E-state index in [1.165, 1.54) is 6.07 Å². The molecule has 88 valence electrons. The van der Waals surface area contributed by atoms with Crippen molar-refractivity contribution < 1.29 is 13.2 Å². The predicted molar refractivity (Wildman–Crippen MR) is 55.9 cm³/mol. The fraction of sp³-hybridized carbons (Fsp3) is 0.500. The number of nitrogens with two attached hydrogens (primary N) is 1. The third-order valence-corrected chi connectivity index (χ3v) is 3.28. The molecule has 1 fully saturated rings. The minimum atomic E-state index is -4.26. The lowest BCUT2D eigenvalue weighted by Crippen LogP contribution is -2.20. The molecule has 4 heteroatoms. The predicted octanol–water partition coefficient (Wildman–Crippen LogP) is 2.99. The van der Waals surface area contributed by atoms with Gasteiger partial charge in [0.15, 0.2) is 0 Å². The van der Waals surface area contributed by atoms with E-state index < -0.39 is 11.7 Å². The first kappa shape index (κ1) is 11.5. The largest absolute Gasteiger partial charge is 0.416 e. The number of rotatable bonds is 3. The van der Waals surface area contributed by atoms with Crippen LogP contribution in [0.15, 0.2) is 24.3 Å². The lowest BCUT2D eigenvalue weighted by atomic mass is 9.93. The molecule has 2 rings (SSSR count). The van der Waals surface area contributed by atoms with E-state index >= 15 is 0 Å². The van der Waals surface area contributed by atoms with Crippen molar-refractivity contribution in [3.05, 3.63) is 35.4 Å². The van der Waals surface area contributed by atoms with E-state index in [1.54, 1.807) is 12.1 Å². The van der Waals surface area contributed by atoms with Gasteiger partial charge in [0.05, 0.1) is 5.56 Å². The summed E-state index contributed by atoms with van der Waals surface area (Å²) in [7, 11) is 0. The standard InChI is InChI=1S/C12H14F3N/c13-12(14,15)10-4-2-1-3-9(10)7-11(8-16)5-6-11/h1-4H,5-8,16H2. The zero-order valence-corrected chi connectivity index (χ0v) is 8.85. The average Bonchev–Trinajstić information content (AvgIpc) is 2.98. The van der Waals surface area contributed by atoms with Crippen molar-refractivity contribution in [2.45, 2.75) is 25.4 Å². The molecule has 0 atom stereocenters. The zero-order valence-electron chi connectivity index (χ0n) is 8.85. The van der Waals surface area contributed by atoms with Gasteiger partial charge < -0.3 is 5.73 Å². The second kappa shape index (κ2) is 3.77. The SMILES string of the molecule is NCC1(Cc2ccccc2C(F)(F)F)CC1. The van der Waals surface area contributed by atoms with Crippen molar-refractivity contribution >= 4 is 0 Å². The summed E-state index contributed by atoms with van der Waals surface area (Å²) in [4.78, 5) is 0. The number of benzene rings is 1. The third-order valence-electron chi connectivity index (χ3n) is 3.28. The number of hydrogen-bond acceptors (Lipinski definition) is 1. The molecule has 0 saturated heterocycles. The van der Waals surface area contributed by atoms with Gasteiger partial charge in [-0.2, -0.15) is 13.2 Å². The van der Waals surface area contributed by atoms with Crippen LogP contribution in [0.4, 0.5) is 13.2 Å². The van der Waals surface area contributed by atoms with Crippen molar-refractivity contribution in [1.29, 1.82) is 0 Å². The van der Waals surface area contributed by atoms with Gasteiger partial charge in [-0.15, -0.1) is 0 Å². The molecule has 0 heterocycles. The van der Waals surface area contributed by atoms with Crippen LogP contribution in [0.25, 0.3) is 0 Å². The molecule has 0 amide bonds. The minimum Gasteiger partial charge on any atom is -0.330 e. The minimum absolute atomic E-state index is 0.0681. The molecule has 0 spiro atoms. The van der Waals surface area contributed by atoms with Crippen molar-refractivity contribution in [1.82, 2.24) is 0 Å². The van der Waals surface area contributed by atoms with Crippen LogP contribution in [0.2, 0.25) is 0 Å². The van der Waals surface area contributed by atoms with E-state index in [0.717, 1.165) is 18.9 Å². The Balaban J connectivity index is 2.27. The highest BCUT2D eigenvalue weighted by Crippen LogP contribution is 2.48. The molecule has 2 N–H and O–H groups in total. The third kappa shape index (κ3) is 2.21. The summed E-state index contributed by atoms with van der Waals surface area (Å²) in [6.07, 6.45) is -1.94. The van der Waals surface area contributed by atoms with Gasteiger partial charge in [-0.05, 0) is 42.9 Å². The normalized spacial score (nSPS) is 18.5. The molecule has 1 aromatic carbocycles. The number of halogens is 3. The maximum absolute atomic E-state index is 12.7. The van der Waals surface area contributed by atoms with Crippen LogP contribution < -0.4 is 5.73 Å².